The van der Waals surface area contributed by atoms with Crippen molar-refractivity contribution in [3.63, 3.8) is 0 Å². The van der Waals surface area contributed by atoms with Gasteiger partial charge in [-0.2, -0.15) is 5.10 Å². The van der Waals surface area contributed by atoms with E-state index in [1.807, 2.05) is 36.5 Å². The predicted octanol–water partition coefficient (Wildman–Crippen LogP) is 3.08. The Kier molecular flexibility index (Phi) is 4.83. The van der Waals surface area contributed by atoms with Crippen molar-refractivity contribution >= 4 is 5.91 Å². The molecule has 5 heteroatoms. The number of amides is 1. The monoisotopic (exact) mass is 339 g/mol. The molecular formula is C20H25N3O2. The molecule has 2 N–H and O–H groups in total. The van der Waals surface area contributed by atoms with Crippen LogP contribution in [0.4, 0.5) is 0 Å². The summed E-state index contributed by atoms with van der Waals surface area (Å²) >= 11 is 0. The van der Waals surface area contributed by atoms with Crippen LogP contribution in [0, 0.1) is 0 Å². The van der Waals surface area contributed by atoms with E-state index in [-0.39, 0.29) is 18.1 Å². The van der Waals surface area contributed by atoms with Crippen LogP contribution in [0.5, 0.6) is 0 Å². The number of nitrogens with one attached hydrogen (secondary N) is 2. The summed E-state index contributed by atoms with van der Waals surface area (Å²) in [4.78, 5) is 13.0. The largest absolute Gasteiger partial charge is 0.360 e. The van der Waals surface area contributed by atoms with Crippen LogP contribution in [0.15, 0.2) is 36.5 Å². The van der Waals surface area contributed by atoms with Gasteiger partial charge in [0.05, 0.1) is 12.3 Å². The molecule has 5 nitrogen and oxygen atoms in total. The highest BCUT2D eigenvalue weighted by atomic mass is 16.5. The van der Waals surface area contributed by atoms with Crippen LogP contribution in [0.2, 0.25) is 0 Å². The number of rotatable bonds is 5. The van der Waals surface area contributed by atoms with Gasteiger partial charge in [-0.05, 0) is 43.2 Å². The van der Waals surface area contributed by atoms with Crippen LogP contribution in [0.1, 0.15) is 55.0 Å². The molecule has 25 heavy (non-hydrogen) atoms. The number of aromatic amines is 1. The Morgan fingerprint density at radius 3 is 2.80 bits per heavy atom. The summed E-state index contributed by atoms with van der Waals surface area (Å²) < 4.78 is 6.22. The molecule has 1 fully saturated rings. The van der Waals surface area contributed by atoms with Crippen molar-refractivity contribution in [2.45, 2.75) is 63.2 Å². The van der Waals surface area contributed by atoms with E-state index in [4.69, 9.17) is 4.74 Å². The van der Waals surface area contributed by atoms with E-state index in [1.165, 1.54) is 24.1 Å². The Balaban J connectivity index is 1.45. The number of hydrogen-bond donors (Lipinski definition) is 2. The van der Waals surface area contributed by atoms with E-state index < -0.39 is 6.10 Å². The normalized spacial score (nSPS) is 21.7. The lowest BCUT2D eigenvalue weighted by Gasteiger charge is -2.27. The summed E-state index contributed by atoms with van der Waals surface area (Å²) in [7, 11) is 0. The molecule has 0 bridgehead atoms. The van der Waals surface area contributed by atoms with E-state index in [0.717, 1.165) is 37.7 Å². The molecule has 0 spiro atoms. The number of fused-ring (bicyclic) bond motifs is 1. The van der Waals surface area contributed by atoms with Crippen LogP contribution in [-0.2, 0) is 22.4 Å². The van der Waals surface area contributed by atoms with E-state index >= 15 is 0 Å². The molecule has 1 amide bonds. The van der Waals surface area contributed by atoms with Crippen molar-refractivity contribution in [2.24, 2.45) is 0 Å². The second-order valence-electron chi connectivity index (χ2n) is 7.16. The highest BCUT2D eigenvalue weighted by molar-refractivity contribution is 5.82. The predicted molar refractivity (Wildman–Crippen MR) is 95.1 cm³/mol. The minimum Gasteiger partial charge on any atom is -0.360 e. The summed E-state index contributed by atoms with van der Waals surface area (Å²) in [6, 6.07) is 10.0. The van der Waals surface area contributed by atoms with Gasteiger partial charge < -0.3 is 10.1 Å². The third-order valence-corrected chi connectivity index (χ3v) is 5.33. The lowest BCUT2D eigenvalue weighted by Crippen LogP contribution is -2.42. The maximum atomic E-state index is 13.0. The highest BCUT2D eigenvalue weighted by Crippen LogP contribution is 2.28. The number of nitrogens with zero attached hydrogens (tertiary/aromatic N) is 1. The summed E-state index contributed by atoms with van der Waals surface area (Å²) in [6.45, 7) is 0. The summed E-state index contributed by atoms with van der Waals surface area (Å²) in [5, 5.41) is 10.4. The van der Waals surface area contributed by atoms with E-state index in [2.05, 4.69) is 15.5 Å². The third kappa shape index (κ3) is 3.76. The Morgan fingerprint density at radius 1 is 1.20 bits per heavy atom. The van der Waals surface area contributed by atoms with Gasteiger partial charge in [-0.1, -0.05) is 43.2 Å². The van der Waals surface area contributed by atoms with Crippen molar-refractivity contribution in [3.05, 3.63) is 53.3 Å². The van der Waals surface area contributed by atoms with Gasteiger partial charge in [0.15, 0.2) is 6.10 Å². The molecular weight excluding hydrogens is 314 g/mol. The number of ether oxygens (including phenoxy) is 1. The minimum absolute atomic E-state index is 0.0185. The molecule has 2 aliphatic carbocycles. The fraction of sp³-hybridized carbons (Fsp3) is 0.500. The quantitative estimate of drug-likeness (QED) is 0.880. The average molecular weight is 339 g/mol. The second-order valence-corrected chi connectivity index (χ2v) is 7.16. The van der Waals surface area contributed by atoms with Crippen molar-refractivity contribution in [1.29, 1.82) is 0 Å². The molecule has 4 rings (SSSR count). The van der Waals surface area contributed by atoms with Crippen molar-refractivity contribution in [3.8, 4) is 0 Å². The Labute approximate surface area is 148 Å². The summed E-state index contributed by atoms with van der Waals surface area (Å²) in [5.74, 6) is -0.0185. The van der Waals surface area contributed by atoms with Crippen LogP contribution in [0.3, 0.4) is 0 Å². The van der Waals surface area contributed by atoms with Gasteiger partial charge >= 0.3 is 0 Å². The molecule has 0 radical (unpaired) electrons. The maximum absolute atomic E-state index is 13.0. The number of aromatic nitrogens is 2. The number of aryl methyl sites for hydroxylation is 1. The molecule has 2 aromatic rings. The number of benzene rings is 1. The van der Waals surface area contributed by atoms with Gasteiger partial charge in [0, 0.05) is 11.7 Å². The summed E-state index contributed by atoms with van der Waals surface area (Å²) in [5.41, 5.74) is 3.35. The van der Waals surface area contributed by atoms with E-state index in [1.54, 1.807) is 0 Å². The highest BCUT2D eigenvalue weighted by Gasteiger charge is 2.29. The minimum atomic E-state index is -0.518. The number of carbonyl (C=O) groups excluding carboxylic acids is 1. The number of carbonyl (C=O) groups is 1. The molecule has 2 atom stereocenters. The Morgan fingerprint density at radius 2 is 2.00 bits per heavy atom. The third-order valence-electron chi connectivity index (χ3n) is 5.33. The fourth-order valence-electron chi connectivity index (χ4n) is 3.95. The molecule has 132 valence electrons. The maximum Gasteiger partial charge on any atom is 0.254 e. The topological polar surface area (TPSA) is 67.0 Å². The Hall–Kier alpha value is -2.14. The van der Waals surface area contributed by atoms with Crippen LogP contribution < -0.4 is 5.32 Å². The SMILES string of the molecule is O=C(N[C@@H]1CCc2[nH]ncc2C1)[C@H](OC1CCCC1)c1ccccc1. The van der Waals surface area contributed by atoms with Crippen LogP contribution in [-0.4, -0.2) is 28.3 Å². The zero-order valence-corrected chi connectivity index (χ0v) is 14.4. The first-order valence-corrected chi connectivity index (χ1v) is 9.31. The van der Waals surface area contributed by atoms with Gasteiger partial charge in [-0.15, -0.1) is 0 Å². The lowest BCUT2D eigenvalue weighted by atomic mass is 9.93. The molecule has 0 saturated heterocycles. The molecule has 1 aromatic heterocycles. The van der Waals surface area contributed by atoms with Crippen LogP contribution in [0.25, 0.3) is 0 Å². The van der Waals surface area contributed by atoms with Gasteiger partial charge in [-0.3, -0.25) is 9.89 Å². The Bertz CT molecular complexity index is 707. The van der Waals surface area contributed by atoms with Gasteiger partial charge in [-0.25, -0.2) is 0 Å². The zero-order valence-electron chi connectivity index (χ0n) is 14.4. The fourth-order valence-corrected chi connectivity index (χ4v) is 3.95. The first kappa shape index (κ1) is 16.3. The molecule has 1 heterocycles. The standard InChI is InChI=1S/C20H25N3O2/c24-20(22-16-10-11-18-15(12-16)13-21-23-18)19(14-6-2-1-3-7-14)25-17-8-4-5-9-17/h1-3,6-7,13,16-17,19H,4-5,8-12H2,(H,21,23)(H,22,24)/t16-,19-/m1/s1. The zero-order chi connectivity index (χ0) is 17.1. The number of H-pyrrole nitrogens is 1. The van der Waals surface area contributed by atoms with Crippen molar-refractivity contribution in [2.75, 3.05) is 0 Å². The smallest absolute Gasteiger partial charge is 0.254 e. The molecule has 1 saturated carbocycles. The van der Waals surface area contributed by atoms with E-state index in [9.17, 15) is 4.79 Å². The van der Waals surface area contributed by atoms with Gasteiger partial charge in [0.25, 0.3) is 5.91 Å². The average Bonchev–Trinajstić information content (AvgIpc) is 3.31. The molecule has 0 aliphatic heterocycles. The second kappa shape index (κ2) is 7.40. The summed E-state index contributed by atoms with van der Waals surface area (Å²) in [6.07, 6.45) is 8.75. The van der Waals surface area contributed by atoms with Crippen molar-refractivity contribution < 1.29 is 9.53 Å². The van der Waals surface area contributed by atoms with Gasteiger partial charge in [0.2, 0.25) is 0 Å². The molecule has 0 unspecified atom stereocenters. The first-order chi connectivity index (χ1) is 12.3. The lowest BCUT2D eigenvalue weighted by molar-refractivity contribution is -0.138. The molecule has 2 aliphatic rings. The van der Waals surface area contributed by atoms with Gasteiger partial charge in [0.1, 0.15) is 0 Å². The van der Waals surface area contributed by atoms with Crippen molar-refractivity contribution in [1.82, 2.24) is 15.5 Å². The molecule has 1 aromatic carbocycles. The first-order valence-electron chi connectivity index (χ1n) is 9.31. The number of hydrogen-bond acceptors (Lipinski definition) is 3. The van der Waals surface area contributed by atoms with Crippen LogP contribution >= 0.6 is 0 Å². The van der Waals surface area contributed by atoms with E-state index in [0.29, 0.717) is 0 Å².